The third kappa shape index (κ3) is 3.12. The van der Waals surface area contributed by atoms with Gasteiger partial charge in [-0.1, -0.05) is 0 Å². The summed E-state index contributed by atoms with van der Waals surface area (Å²) in [5, 5.41) is 2.65. The summed E-state index contributed by atoms with van der Waals surface area (Å²) in [5.41, 5.74) is 1.27. The maximum Gasteiger partial charge on any atom is 0.412 e. The first kappa shape index (κ1) is 10.6. The highest BCUT2D eigenvalue weighted by atomic mass is 16.6. The molecular formula is C10H16N2O2. The number of anilines is 1. The van der Waals surface area contributed by atoms with E-state index in [1.807, 2.05) is 33.9 Å². The Morgan fingerprint density at radius 2 is 2.07 bits per heavy atom. The number of amides is 1. The predicted molar refractivity (Wildman–Crippen MR) is 55.4 cm³/mol. The van der Waals surface area contributed by atoms with Gasteiger partial charge in [-0.2, -0.15) is 0 Å². The number of hydrogen-bond acceptors (Lipinski definition) is 2. The van der Waals surface area contributed by atoms with E-state index in [0.29, 0.717) is 0 Å². The van der Waals surface area contributed by atoms with Crippen molar-refractivity contribution in [3.63, 3.8) is 0 Å². The van der Waals surface area contributed by atoms with Gasteiger partial charge in [-0.15, -0.1) is 0 Å². The molecular weight excluding hydrogens is 180 g/mol. The normalized spacial score (nSPS) is 11.1. The molecule has 0 bridgehead atoms. The zero-order chi connectivity index (χ0) is 10.8. The summed E-state index contributed by atoms with van der Waals surface area (Å²) in [5.74, 6) is 0. The van der Waals surface area contributed by atoms with Crippen LogP contribution in [0.5, 0.6) is 0 Å². The van der Waals surface area contributed by atoms with Gasteiger partial charge in [-0.05, 0) is 33.3 Å². The van der Waals surface area contributed by atoms with E-state index in [1.165, 1.54) is 0 Å². The summed E-state index contributed by atoms with van der Waals surface area (Å²) < 4.78 is 5.10. The first-order chi connectivity index (χ1) is 6.38. The third-order valence-electron chi connectivity index (χ3n) is 1.59. The van der Waals surface area contributed by atoms with Gasteiger partial charge in [-0.3, -0.25) is 5.32 Å². The van der Waals surface area contributed by atoms with Gasteiger partial charge in [-0.25, -0.2) is 4.79 Å². The lowest BCUT2D eigenvalue weighted by Gasteiger charge is -2.19. The Kier molecular flexibility index (Phi) is 2.84. The van der Waals surface area contributed by atoms with Crippen molar-refractivity contribution in [2.45, 2.75) is 33.3 Å². The SMILES string of the molecule is Cc1c[nH]cc1NC(=O)OC(C)(C)C. The highest BCUT2D eigenvalue weighted by Gasteiger charge is 2.16. The zero-order valence-corrected chi connectivity index (χ0v) is 8.97. The molecule has 0 fully saturated rings. The molecule has 1 heterocycles. The van der Waals surface area contributed by atoms with Crippen molar-refractivity contribution < 1.29 is 9.53 Å². The van der Waals surface area contributed by atoms with Crippen molar-refractivity contribution in [2.24, 2.45) is 0 Å². The average molecular weight is 196 g/mol. The molecule has 0 saturated heterocycles. The molecule has 2 N–H and O–H groups in total. The number of carbonyl (C=O) groups is 1. The van der Waals surface area contributed by atoms with Gasteiger partial charge in [0.1, 0.15) is 5.60 Å². The number of rotatable bonds is 1. The van der Waals surface area contributed by atoms with Gasteiger partial charge < -0.3 is 9.72 Å². The Balaban J connectivity index is 2.54. The molecule has 1 rings (SSSR count). The van der Waals surface area contributed by atoms with Crippen LogP contribution in [0.3, 0.4) is 0 Å². The molecule has 0 unspecified atom stereocenters. The molecule has 0 atom stereocenters. The van der Waals surface area contributed by atoms with Gasteiger partial charge in [0, 0.05) is 12.4 Å². The number of nitrogens with one attached hydrogen (secondary N) is 2. The summed E-state index contributed by atoms with van der Waals surface area (Å²) in [4.78, 5) is 14.2. The van der Waals surface area contributed by atoms with Gasteiger partial charge >= 0.3 is 6.09 Å². The van der Waals surface area contributed by atoms with Gasteiger partial charge in [0.15, 0.2) is 0 Å². The first-order valence-corrected chi connectivity index (χ1v) is 4.52. The number of aryl methyl sites for hydroxylation is 1. The average Bonchev–Trinajstić information content (AvgIpc) is 2.32. The maximum absolute atomic E-state index is 11.3. The van der Waals surface area contributed by atoms with E-state index in [2.05, 4.69) is 10.3 Å². The monoisotopic (exact) mass is 196 g/mol. The number of aromatic nitrogens is 1. The second-order valence-corrected chi connectivity index (χ2v) is 4.18. The zero-order valence-electron chi connectivity index (χ0n) is 8.97. The van der Waals surface area contributed by atoms with Crippen LogP contribution < -0.4 is 5.32 Å². The van der Waals surface area contributed by atoms with E-state index in [0.717, 1.165) is 11.3 Å². The van der Waals surface area contributed by atoms with E-state index in [1.54, 1.807) is 6.20 Å². The summed E-state index contributed by atoms with van der Waals surface area (Å²) in [6.07, 6.45) is 3.10. The fraction of sp³-hybridized carbons (Fsp3) is 0.500. The summed E-state index contributed by atoms with van der Waals surface area (Å²) in [6, 6.07) is 0. The number of hydrogen-bond donors (Lipinski definition) is 2. The largest absolute Gasteiger partial charge is 0.444 e. The minimum atomic E-state index is -0.464. The molecule has 0 aliphatic carbocycles. The van der Waals surface area contributed by atoms with E-state index in [9.17, 15) is 4.79 Å². The van der Waals surface area contributed by atoms with E-state index in [4.69, 9.17) is 4.74 Å². The minimum absolute atomic E-state index is 0.430. The molecule has 14 heavy (non-hydrogen) atoms. The van der Waals surface area contributed by atoms with Crippen molar-refractivity contribution in [3.8, 4) is 0 Å². The van der Waals surface area contributed by atoms with Crippen LogP contribution in [0.4, 0.5) is 10.5 Å². The molecule has 0 aliphatic heterocycles. The van der Waals surface area contributed by atoms with Crippen LogP contribution in [0.25, 0.3) is 0 Å². The molecule has 1 amide bonds. The molecule has 1 aromatic rings. The highest BCUT2D eigenvalue weighted by Crippen LogP contribution is 2.14. The van der Waals surface area contributed by atoms with Crippen LogP contribution in [0, 0.1) is 6.92 Å². The van der Waals surface area contributed by atoms with E-state index >= 15 is 0 Å². The van der Waals surface area contributed by atoms with Crippen LogP contribution >= 0.6 is 0 Å². The molecule has 0 radical (unpaired) electrons. The summed E-state index contributed by atoms with van der Waals surface area (Å²) in [7, 11) is 0. The fourth-order valence-corrected chi connectivity index (χ4v) is 0.990. The van der Waals surface area contributed by atoms with Crippen molar-refractivity contribution in [1.82, 2.24) is 4.98 Å². The van der Waals surface area contributed by atoms with Crippen molar-refractivity contribution >= 4 is 11.8 Å². The Morgan fingerprint density at radius 1 is 1.43 bits per heavy atom. The molecule has 1 aromatic heterocycles. The van der Waals surface area contributed by atoms with E-state index in [-0.39, 0.29) is 0 Å². The molecule has 4 heteroatoms. The Hall–Kier alpha value is -1.45. The second kappa shape index (κ2) is 3.74. The van der Waals surface area contributed by atoms with E-state index < -0.39 is 11.7 Å². The minimum Gasteiger partial charge on any atom is -0.444 e. The second-order valence-electron chi connectivity index (χ2n) is 4.18. The topological polar surface area (TPSA) is 54.1 Å². The smallest absolute Gasteiger partial charge is 0.412 e. The van der Waals surface area contributed by atoms with Crippen LogP contribution in [0.2, 0.25) is 0 Å². The van der Waals surface area contributed by atoms with Gasteiger partial charge in [0.25, 0.3) is 0 Å². The van der Waals surface area contributed by atoms with Gasteiger partial charge in [0.2, 0.25) is 0 Å². The number of H-pyrrole nitrogens is 1. The lowest BCUT2D eigenvalue weighted by molar-refractivity contribution is 0.0636. The Bertz CT molecular complexity index is 323. The number of ether oxygens (including phenoxy) is 1. The number of carbonyl (C=O) groups excluding carboxylic acids is 1. The van der Waals surface area contributed by atoms with Crippen molar-refractivity contribution in [1.29, 1.82) is 0 Å². The van der Waals surface area contributed by atoms with Crippen LogP contribution in [0.1, 0.15) is 26.3 Å². The molecule has 78 valence electrons. The van der Waals surface area contributed by atoms with Crippen molar-refractivity contribution in [3.05, 3.63) is 18.0 Å². The van der Waals surface area contributed by atoms with Crippen molar-refractivity contribution in [2.75, 3.05) is 5.32 Å². The van der Waals surface area contributed by atoms with Crippen LogP contribution in [-0.4, -0.2) is 16.7 Å². The predicted octanol–water partition coefficient (Wildman–Crippen LogP) is 2.67. The van der Waals surface area contributed by atoms with Gasteiger partial charge in [0.05, 0.1) is 5.69 Å². The first-order valence-electron chi connectivity index (χ1n) is 4.52. The summed E-state index contributed by atoms with van der Waals surface area (Å²) >= 11 is 0. The number of aromatic amines is 1. The third-order valence-corrected chi connectivity index (χ3v) is 1.59. The maximum atomic E-state index is 11.3. The molecule has 0 saturated carbocycles. The van der Waals surface area contributed by atoms with Crippen LogP contribution in [-0.2, 0) is 4.74 Å². The lowest BCUT2D eigenvalue weighted by atomic mass is 10.2. The fourth-order valence-electron chi connectivity index (χ4n) is 0.990. The van der Waals surface area contributed by atoms with Crippen LogP contribution in [0.15, 0.2) is 12.4 Å². The Morgan fingerprint density at radius 3 is 2.50 bits per heavy atom. The molecule has 0 aromatic carbocycles. The standard InChI is InChI=1S/C10H16N2O2/c1-7-5-11-6-8(7)12-9(13)14-10(2,3)4/h5-6,11H,1-4H3,(H,12,13). The highest BCUT2D eigenvalue weighted by molar-refractivity contribution is 5.85. The molecule has 4 nitrogen and oxygen atoms in total. The lowest BCUT2D eigenvalue weighted by Crippen LogP contribution is -2.27. The molecule has 0 aliphatic rings. The summed E-state index contributed by atoms with van der Waals surface area (Å²) in [6.45, 7) is 7.40. The molecule has 0 spiro atoms. The quantitative estimate of drug-likeness (QED) is 0.725. The Labute approximate surface area is 83.7 Å².